The molecule has 0 aromatic carbocycles. The van der Waals surface area contributed by atoms with Crippen molar-refractivity contribution in [1.82, 2.24) is 10.3 Å². The summed E-state index contributed by atoms with van der Waals surface area (Å²) in [5.74, 6) is 0. The Bertz CT molecular complexity index is 310. The summed E-state index contributed by atoms with van der Waals surface area (Å²) >= 11 is 1.86. The lowest BCUT2D eigenvalue weighted by atomic mass is 9.93. The molecule has 0 fully saturated rings. The van der Waals surface area contributed by atoms with E-state index >= 15 is 0 Å². The summed E-state index contributed by atoms with van der Waals surface area (Å²) in [6.07, 6.45) is 2.12. The summed E-state index contributed by atoms with van der Waals surface area (Å²) in [5.41, 5.74) is 1.60. The van der Waals surface area contributed by atoms with Gasteiger partial charge >= 0.3 is 0 Å². The van der Waals surface area contributed by atoms with Crippen LogP contribution in [0.5, 0.6) is 0 Å². The van der Waals surface area contributed by atoms with Crippen molar-refractivity contribution in [3.63, 3.8) is 0 Å². The molecule has 86 valence electrons. The maximum Gasteiger partial charge on any atom is 0.0936 e. The fourth-order valence-electron chi connectivity index (χ4n) is 1.54. The highest BCUT2D eigenvalue weighted by Gasteiger charge is 2.16. The summed E-state index contributed by atoms with van der Waals surface area (Å²) < 4.78 is 0. The van der Waals surface area contributed by atoms with Gasteiger partial charge in [-0.2, -0.15) is 0 Å². The van der Waals surface area contributed by atoms with E-state index in [0.717, 1.165) is 19.4 Å². The second-order valence-electron chi connectivity index (χ2n) is 5.10. The molecule has 0 unspecified atom stereocenters. The highest BCUT2D eigenvalue weighted by Crippen LogP contribution is 2.26. The third-order valence-electron chi connectivity index (χ3n) is 2.18. The quantitative estimate of drug-likeness (QED) is 0.853. The first-order valence-corrected chi connectivity index (χ1v) is 6.40. The minimum absolute atomic E-state index is 0.333. The topological polar surface area (TPSA) is 24.9 Å². The zero-order valence-corrected chi connectivity index (χ0v) is 11.3. The molecule has 0 atom stereocenters. The summed E-state index contributed by atoms with van der Waals surface area (Å²) in [7, 11) is 1.99. The van der Waals surface area contributed by atoms with Gasteiger partial charge in [-0.05, 0) is 18.9 Å². The minimum Gasteiger partial charge on any atom is -0.315 e. The van der Waals surface area contributed by atoms with E-state index in [1.54, 1.807) is 0 Å². The second kappa shape index (κ2) is 5.08. The van der Waals surface area contributed by atoms with E-state index in [4.69, 9.17) is 4.98 Å². The average Bonchev–Trinajstić information content (AvgIpc) is 2.45. The molecule has 2 nitrogen and oxygen atoms in total. The number of aryl methyl sites for hydroxylation is 1. The van der Waals surface area contributed by atoms with Crippen LogP contribution in [0.1, 0.15) is 43.3 Å². The highest BCUT2D eigenvalue weighted by atomic mass is 32.1. The van der Waals surface area contributed by atoms with E-state index in [0.29, 0.717) is 5.41 Å². The minimum atomic E-state index is 0.333. The molecule has 0 aliphatic heterocycles. The van der Waals surface area contributed by atoms with Gasteiger partial charge < -0.3 is 5.32 Å². The molecule has 0 aliphatic carbocycles. The zero-order chi connectivity index (χ0) is 11.5. The van der Waals surface area contributed by atoms with Crippen LogP contribution in [0.4, 0.5) is 0 Å². The Morgan fingerprint density at radius 3 is 2.47 bits per heavy atom. The van der Waals surface area contributed by atoms with E-state index in [9.17, 15) is 0 Å². The number of hydrogen-bond donors (Lipinski definition) is 1. The molecule has 1 heterocycles. The van der Waals surface area contributed by atoms with Gasteiger partial charge in [-0.25, -0.2) is 4.98 Å². The monoisotopic (exact) mass is 226 g/mol. The molecular formula is C12H22N2S. The Kier molecular flexibility index (Phi) is 4.29. The number of rotatable bonds is 4. The van der Waals surface area contributed by atoms with Gasteiger partial charge in [0.1, 0.15) is 0 Å². The van der Waals surface area contributed by atoms with Gasteiger partial charge in [0.2, 0.25) is 0 Å². The molecule has 3 heteroatoms. The van der Waals surface area contributed by atoms with Crippen LogP contribution in [-0.2, 0) is 19.4 Å². The van der Waals surface area contributed by atoms with Crippen LogP contribution in [0.15, 0.2) is 0 Å². The molecular weight excluding hydrogens is 204 g/mol. The SMILES string of the molecule is CCc1nc(CC(C)(C)C)sc1CNC. The average molecular weight is 226 g/mol. The maximum absolute atomic E-state index is 4.71. The molecule has 0 saturated carbocycles. The first-order valence-electron chi connectivity index (χ1n) is 5.58. The molecule has 1 aromatic rings. The number of thiazole rings is 1. The predicted molar refractivity (Wildman–Crippen MR) is 67.4 cm³/mol. The summed E-state index contributed by atoms with van der Waals surface area (Å²) in [6.45, 7) is 9.91. The lowest BCUT2D eigenvalue weighted by molar-refractivity contribution is 0.410. The summed E-state index contributed by atoms with van der Waals surface area (Å²) in [4.78, 5) is 6.11. The Hall–Kier alpha value is -0.410. The van der Waals surface area contributed by atoms with Crippen molar-refractivity contribution in [1.29, 1.82) is 0 Å². The van der Waals surface area contributed by atoms with E-state index in [2.05, 4.69) is 33.0 Å². The van der Waals surface area contributed by atoms with Crippen LogP contribution in [0.3, 0.4) is 0 Å². The smallest absolute Gasteiger partial charge is 0.0936 e. The van der Waals surface area contributed by atoms with Crippen LogP contribution in [0.25, 0.3) is 0 Å². The Morgan fingerprint density at radius 1 is 1.33 bits per heavy atom. The second-order valence-corrected chi connectivity index (χ2v) is 6.27. The van der Waals surface area contributed by atoms with Crippen LogP contribution in [0.2, 0.25) is 0 Å². The van der Waals surface area contributed by atoms with Gasteiger partial charge in [-0.3, -0.25) is 0 Å². The van der Waals surface area contributed by atoms with Crippen LogP contribution >= 0.6 is 11.3 Å². The van der Waals surface area contributed by atoms with Gasteiger partial charge in [0.25, 0.3) is 0 Å². The molecule has 0 aliphatic rings. The first-order chi connectivity index (χ1) is 6.96. The molecule has 1 aromatic heterocycles. The molecule has 0 bridgehead atoms. The lowest BCUT2D eigenvalue weighted by Gasteiger charge is -2.15. The van der Waals surface area contributed by atoms with Crippen LogP contribution in [-0.4, -0.2) is 12.0 Å². The van der Waals surface area contributed by atoms with Gasteiger partial charge in [0, 0.05) is 17.8 Å². The van der Waals surface area contributed by atoms with Crippen molar-refractivity contribution in [2.75, 3.05) is 7.05 Å². The fraction of sp³-hybridized carbons (Fsp3) is 0.750. The van der Waals surface area contributed by atoms with E-state index in [1.165, 1.54) is 15.6 Å². The standard InChI is InChI=1S/C12H22N2S/c1-6-9-10(8-13-5)15-11(14-9)7-12(2,3)4/h13H,6-8H2,1-5H3. The van der Waals surface area contributed by atoms with Crippen molar-refractivity contribution in [3.8, 4) is 0 Å². The molecule has 1 rings (SSSR count). The fourth-order valence-corrected chi connectivity index (χ4v) is 3.01. The number of hydrogen-bond acceptors (Lipinski definition) is 3. The molecule has 1 N–H and O–H groups in total. The lowest BCUT2D eigenvalue weighted by Crippen LogP contribution is -2.08. The van der Waals surface area contributed by atoms with Crippen LogP contribution < -0.4 is 5.32 Å². The highest BCUT2D eigenvalue weighted by molar-refractivity contribution is 7.11. The van der Waals surface area contributed by atoms with Crippen molar-refractivity contribution in [2.45, 2.75) is 47.1 Å². The Balaban J connectivity index is 2.83. The van der Waals surface area contributed by atoms with Crippen molar-refractivity contribution in [2.24, 2.45) is 5.41 Å². The van der Waals surface area contributed by atoms with Gasteiger partial charge in [0.05, 0.1) is 10.7 Å². The van der Waals surface area contributed by atoms with Crippen molar-refractivity contribution in [3.05, 3.63) is 15.6 Å². The van der Waals surface area contributed by atoms with E-state index in [1.807, 2.05) is 18.4 Å². The van der Waals surface area contributed by atoms with E-state index < -0.39 is 0 Å². The number of aromatic nitrogens is 1. The largest absolute Gasteiger partial charge is 0.315 e. The number of nitrogens with zero attached hydrogens (tertiary/aromatic N) is 1. The molecule has 15 heavy (non-hydrogen) atoms. The summed E-state index contributed by atoms with van der Waals surface area (Å²) in [5, 5.41) is 4.49. The Morgan fingerprint density at radius 2 is 2.00 bits per heavy atom. The maximum atomic E-state index is 4.71. The van der Waals surface area contributed by atoms with Crippen molar-refractivity contribution < 1.29 is 0 Å². The molecule has 0 saturated heterocycles. The molecule has 0 radical (unpaired) electrons. The third kappa shape index (κ3) is 3.92. The molecule has 0 amide bonds. The molecule has 0 spiro atoms. The van der Waals surface area contributed by atoms with E-state index in [-0.39, 0.29) is 0 Å². The number of nitrogens with one attached hydrogen (secondary N) is 1. The normalized spacial score (nSPS) is 12.1. The van der Waals surface area contributed by atoms with Crippen molar-refractivity contribution >= 4 is 11.3 Å². The van der Waals surface area contributed by atoms with Gasteiger partial charge in [-0.1, -0.05) is 27.7 Å². The predicted octanol–water partition coefficient (Wildman–Crippen LogP) is 3.01. The third-order valence-corrected chi connectivity index (χ3v) is 3.27. The Labute approximate surface area is 97.1 Å². The van der Waals surface area contributed by atoms with Gasteiger partial charge in [-0.15, -0.1) is 11.3 Å². The zero-order valence-electron chi connectivity index (χ0n) is 10.5. The summed E-state index contributed by atoms with van der Waals surface area (Å²) in [6, 6.07) is 0. The first kappa shape index (κ1) is 12.7. The van der Waals surface area contributed by atoms with Crippen LogP contribution in [0, 0.1) is 5.41 Å². The van der Waals surface area contributed by atoms with Gasteiger partial charge in [0.15, 0.2) is 0 Å².